The van der Waals surface area contributed by atoms with Crippen LogP contribution in [0.3, 0.4) is 0 Å². The summed E-state index contributed by atoms with van der Waals surface area (Å²) in [5.74, 6) is -0.978. The van der Waals surface area contributed by atoms with Gasteiger partial charge in [0.15, 0.2) is 5.13 Å². The quantitative estimate of drug-likeness (QED) is 0.743. The number of thiazole rings is 1. The lowest BCUT2D eigenvalue weighted by molar-refractivity contribution is 0.103. The van der Waals surface area contributed by atoms with Crippen LogP contribution in [0.5, 0.6) is 0 Å². The van der Waals surface area contributed by atoms with Gasteiger partial charge in [0.25, 0.3) is 0 Å². The minimum atomic E-state index is -0.562. The molecule has 0 saturated carbocycles. The number of pyridine rings is 1. The van der Waals surface area contributed by atoms with Gasteiger partial charge in [-0.1, -0.05) is 23.5 Å². The fraction of sp³-hybridized carbons (Fsp3) is 0. The van der Waals surface area contributed by atoms with E-state index in [-0.39, 0.29) is 11.3 Å². The Morgan fingerprint density at radius 3 is 2.87 bits per heavy atom. The highest BCUT2D eigenvalue weighted by Crippen LogP contribution is 2.25. The number of carbonyl (C=O) groups excluding carboxylic acids is 1. The lowest BCUT2D eigenvalue weighted by Gasteiger charge is -2.01. The van der Waals surface area contributed by atoms with Crippen LogP contribution in [0.15, 0.2) is 48.8 Å². The molecule has 0 atom stereocenters. The fourth-order valence-corrected chi connectivity index (χ4v) is 2.70. The largest absolute Gasteiger partial charge is 0.331 e. The number of ketones is 1. The molecule has 0 aliphatic heterocycles. The minimum absolute atomic E-state index is 0.0124. The number of nitriles is 1. The molecule has 0 aliphatic rings. The van der Waals surface area contributed by atoms with Crippen molar-refractivity contribution >= 4 is 27.9 Å². The molecular weight excluding hydrogens is 315 g/mol. The maximum Gasteiger partial charge on any atom is 0.207 e. The van der Waals surface area contributed by atoms with Crippen molar-refractivity contribution in [2.24, 2.45) is 0 Å². The summed E-state index contributed by atoms with van der Waals surface area (Å²) >= 11 is 1.11. The fourth-order valence-electron chi connectivity index (χ4n) is 1.91. The van der Waals surface area contributed by atoms with Crippen LogP contribution in [-0.4, -0.2) is 15.8 Å². The van der Waals surface area contributed by atoms with Crippen molar-refractivity contribution in [1.29, 1.82) is 5.26 Å². The number of carbonyl (C=O) groups is 1. The van der Waals surface area contributed by atoms with Gasteiger partial charge in [0.2, 0.25) is 5.78 Å². The predicted molar refractivity (Wildman–Crippen MR) is 84.2 cm³/mol. The van der Waals surface area contributed by atoms with E-state index in [0.717, 1.165) is 11.3 Å². The molecule has 0 radical (unpaired) electrons. The van der Waals surface area contributed by atoms with E-state index in [1.54, 1.807) is 18.2 Å². The van der Waals surface area contributed by atoms with Crippen molar-refractivity contribution in [3.8, 4) is 6.07 Å². The lowest BCUT2D eigenvalue weighted by atomic mass is 10.1. The summed E-state index contributed by atoms with van der Waals surface area (Å²) < 4.78 is 13.7. The van der Waals surface area contributed by atoms with E-state index < -0.39 is 11.6 Å². The van der Waals surface area contributed by atoms with E-state index in [2.05, 4.69) is 15.3 Å². The first-order valence-corrected chi connectivity index (χ1v) is 7.37. The smallest absolute Gasteiger partial charge is 0.207 e. The number of halogens is 1. The van der Waals surface area contributed by atoms with Gasteiger partial charge in [0.05, 0.1) is 16.6 Å². The number of anilines is 2. The maximum atomic E-state index is 13.7. The van der Waals surface area contributed by atoms with Crippen molar-refractivity contribution in [3.05, 3.63) is 70.7 Å². The van der Waals surface area contributed by atoms with E-state index in [1.807, 2.05) is 6.07 Å². The zero-order chi connectivity index (χ0) is 16.2. The first-order chi connectivity index (χ1) is 11.2. The Labute approximate surface area is 135 Å². The summed E-state index contributed by atoms with van der Waals surface area (Å²) in [6.07, 6.45) is 2.90. The van der Waals surface area contributed by atoms with E-state index in [9.17, 15) is 9.18 Å². The Morgan fingerprint density at radius 2 is 2.09 bits per heavy atom. The first-order valence-electron chi connectivity index (χ1n) is 6.55. The normalized spacial score (nSPS) is 10.1. The van der Waals surface area contributed by atoms with Crippen molar-refractivity contribution in [2.45, 2.75) is 0 Å². The summed E-state index contributed by atoms with van der Waals surface area (Å²) in [5, 5.41) is 12.3. The molecule has 3 rings (SSSR count). The lowest BCUT2D eigenvalue weighted by Crippen LogP contribution is -2.01. The zero-order valence-electron chi connectivity index (χ0n) is 11.7. The predicted octanol–water partition coefficient (Wildman–Crippen LogP) is 3.52. The number of rotatable bonds is 4. The van der Waals surface area contributed by atoms with Gasteiger partial charge in [-0.05, 0) is 24.3 Å². The van der Waals surface area contributed by atoms with Crippen LogP contribution < -0.4 is 5.32 Å². The van der Waals surface area contributed by atoms with Gasteiger partial charge in [0, 0.05) is 11.9 Å². The van der Waals surface area contributed by atoms with Gasteiger partial charge in [-0.2, -0.15) is 5.26 Å². The van der Waals surface area contributed by atoms with E-state index >= 15 is 0 Å². The Kier molecular flexibility index (Phi) is 4.08. The molecule has 7 heteroatoms. The molecule has 1 N–H and O–H groups in total. The minimum Gasteiger partial charge on any atom is -0.331 e. The van der Waals surface area contributed by atoms with Crippen LogP contribution >= 0.6 is 11.3 Å². The summed E-state index contributed by atoms with van der Waals surface area (Å²) in [6, 6.07) is 11.0. The molecule has 23 heavy (non-hydrogen) atoms. The Hall–Kier alpha value is -3.11. The third-order valence-corrected chi connectivity index (χ3v) is 3.89. The summed E-state index contributed by atoms with van der Waals surface area (Å²) in [6.45, 7) is 0. The molecule has 112 valence electrons. The van der Waals surface area contributed by atoms with E-state index in [0.29, 0.717) is 15.7 Å². The summed E-state index contributed by atoms with van der Waals surface area (Å²) in [4.78, 5) is 20.6. The average Bonchev–Trinajstić information content (AvgIpc) is 3.03. The average molecular weight is 324 g/mol. The number of nitrogens with zero attached hydrogens (tertiary/aromatic N) is 3. The summed E-state index contributed by atoms with van der Waals surface area (Å²) in [7, 11) is 0. The molecule has 0 aliphatic carbocycles. The maximum absolute atomic E-state index is 13.7. The second-order valence-electron chi connectivity index (χ2n) is 4.51. The van der Waals surface area contributed by atoms with Crippen molar-refractivity contribution in [1.82, 2.24) is 9.97 Å². The molecule has 3 aromatic rings. The second-order valence-corrected chi connectivity index (χ2v) is 5.54. The zero-order valence-corrected chi connectivity index (χ0v) is 12.5. The standard InChI is InChI=1S/C16H9FN4OS/c17-13-4-2-1-3-12(13)15(22)14-9-20-16(23-14)21-10-5-6-19-11(7-10)8-18/h1-7,9H,(H,19,20,21). The number of hydrogen-bond donors (Lipinski definition) is 1. The number of benzene rings is 1. The Balaban J connectivity index is 1.82. The van der Waals surface area contributed by atoms with Gasteiger partial charge < -0.3 is 5.32 Å². The number of nitrogens with one attached hydrogen (secondary N) is 1. The molecule has 0 bridgehead atoms. The van der Waals surface area contributed by atoms with Gasteiger partial charge in [-0.25, -0.2) is 14.4 Å². The molecule has 0 spiro atoms. The molecular formula is C16H9FN4OS. The second kappa shape index (κ2) is 6.34. The highest BCUT2D eigenvalue weighted by Gasteiger charge is 2.16. The molecule has 0 unspecified atom stereocenters. The molecule has 0 saturated heterocycles. The monoisotopic (exact) mass is 324 g/mol. The number of aromatic nitrogens is 2. The van der Waals surface area contributed by atoms with Gasteiger partial charge >= 0.3 is 0 Å². The Morgan fingerprint density at radius 1 is 1.26 bits per heavy atom. The van der Waals surface area contributed by atoms with E-state index in [4.69, 9.17) is 5.26 Å². The van der Waals surface area contributed by atoms with Crippen LogP contribution in [-0.2, 0) is 0 Å². The molecule has 0 fully saturated rings. The van der Waals surface area contributed by atoms with Crippen LogP contribution in [0.2, 0.25) is 0 Å². The molecule has 2 aromatic heterocycles. The third-order valence-electron chi connectivity index (χ3n) is 2.97. The van der Waals surface area contributed by atoms with Crippen LogP contribution in [0.25, 0.3) is 0 Å². The highest BCUT2D eigenvalue weighted by atomic mass is 32.1. The van der Waals surface area contributed by atoms with Crippen LogP contribution in [0.1, 0.15) is 20.9 Å². The van der Waals surface area contributed by atoms with E-state index in [1.165, 1.54) is 30.6 Å². The van der Waals surface area contributed by atoms with Gasteiger partial charge in [0.1, 0.15) is 17.6 Å². The topological polar surface area (TPSA) is 78.7 Å². The van der Waals surface area contributed by atoms with Gasteiger partial charge in [-0.15, -0.1) is 0 Å². The van der Waals surface area contributed by atoms with Gasteiger partial charge in [-0.3, -0.25) is 4.79 Å². The van der Waals surface area contributed by atoms with Crippen LogP contribution in [0, 0.1) is 17.1 Å². The molecule has 0 amide bonds. The van der Waals surface area contributed by atoms with Crippen molar-refractivity contribution in [2.75, 3.05) is 5.32 Å². The van der Waals surface area contributed by atoms with Crippen molar-refractivity contribution < 1.29 is 9.18 Å². The number of hydrogen-bond acceptors (Lipinski definition) is 6. The summed E-state index contributed by atoms with van der Waals surface area (Å²) in [5.41, 5.74) is 0.920. The SMILES string of the molecule is N#Cc1cc(Nc2ncc(C(=O)c3ccccc3F)s2)ccn1. The molecule has 5 nitrogen and oxygen atoms in total. The highest BCUT2D eigenvalue weighted by molar-refractivity contribution is 7.17. The Bertz CT molecular complexity index is 916. The molecule has 1 aromatic carbocycles. The molecule has 2 heterocycles. The first kappa shape index (κ1) is 14.8. The third kappa shape index (κ3) is 3.22. The van der Waals surface area contributed by atoms with Crippen LogP contribution in [0.4, 0.5) is 15.2 Å². The van der Waals surface area contributed by atoms with Crippen molar-refractivity contribution in [3.63, 3.8) is 0 Å².